The van der Waals surface area contributed by atoms with Crippen LogP contribution in [0.15, 0.2) is 54.9 Å². The average molecular weight is 503 g/mol. The molecule has 192 valence electrons. The van der Waals surface area contributed by atoms with Crippen LogP contribution >= 0.6 is 0 Å². The van der Waals surface area contributed by atoms with Gasteiger partial charge in [-0.25, -0.2) is 4.98 Å². The number of aryl methyl sites for hydroxylation is 2. The zero-order chi connectivity index (χ0) is 31.3. The van der Waals surface area contributed by atoms with Crippen molar-refractivity contribution in [2.45, 2.75) is 38.6 Å². The Morgan fingerprint density at radius 3 is 2.59 bits per heavy atom. The van der Waals surface area contributed by atoms with Crippen LogP contribution in [0.2, 0.25) is 0 Å². The maximum Gasteiger partial charge on any atom is 0.253 e. The first-order valence-corrected chi connectivity index (χ1v) is 12.5. The maximum absolute atomic E-state index is 12.9. The zero-order valence-electron chi connectivity index (χ0n) is 27.4. The van der Waals surface area contributed by atoms with Gasteiger partial charge in [0.1, 0.15) is 5.65 Å². The van der Waals surface area contributed by atoms with Gasteiger partial charge in [-0.15, -0.1) is 0 Å². The van der Waals surface area contributed by atoms with Gasteiger partial charge in [0, 0.05) is 63.7 Å². The van der Waals surface area contributed by atoms with Gasteiger partial charge in [0.25, 0.3) is 5.91 Å². The Balaban J connectivity index is 1.31. The second kappa shape index (κ2) is 9.98. The number of hydrogen-bond acceptors (Lipinski definition) is 5. The van der Waals surface area contributed by atoms with Crippen LogP contribution in [0.5, 0.6) is 0 Å². The summed E-state index contributed by atoms with van der Waals surface area (Å²) >= 11 is 0. The predicted octanol–water partition coefficient (Wildman–Crippen LogP) is 5.17. The molecule has 7 heteroatoms. The van der Waals surface area contributed by atoms with E-state index in [1.165, 1.54) is 0 Å². The maximum atomic E-state index is 12.9. The third kappa shape index (κ3) is 4.71. The number of hydrogen-bond donors (Lipinski definition) is 1. The fraction of sp³-hybridized carbons (Fsp3) is 0.367. The molecular formula is C30H36N6O. The van der Waals surface area contributed by atoms with Crippen LogP contribution in [-0.4, -0.2) is 57.3 Å². The Morgan fingerprint density at radius 2 is 1.92 bits per heavy atom. The van der Waals surface area contributed by atoms with Crippen molar-refractivity contribution in [1.82, 2.24) is 24.3 Å². The molecule has 0 unspecified atom stereocenters. The molecule has 1 saturated heterocycles. The average Bonchev–Trinajstić information content (AvgIpc) is 3.28. The number of amides is 1. The first kappa shape index (κ1) is 18.5. The van der Waals surface area contributed by atoms with E-state index in [0.29, 0.717) is 5.69 Å². The minimum Gasteiger partial charge on any atom is -0.397 e. The van der Waals surface area contributed by atoms with Gasteiger partial charge >= 0.3 is 0 Å². The SMILES string of the molecule is [2H]C([2H])([2H])N(C(=O)c1ccc(C2CCN([C@H](C)c3cc4c(-c5ccc(N)cn5)ccnc4n3C)CC2)c(C)c1)C([2H])([2H])[2H]. The number of pyridine rings is 2. The molecule has 1 atom stereocenters. The summed E-state index contributed by atoms with van der Waals surface area (Å²) in [6, 6.07) is 13.1. The minimum absolute atomic E-state index is 0.00601. The largest absolute Gasteiger partial charge is 0.397 e. The smallest absolute Gasteiger partial charge is 0.253 e. The standard InChI is InChI=1S/C30H36N6O/c1-19-16-22(30(37)34(3)4)6-8-24(19)21-11-14-36(15-12-21)20(2)28-17-26-25(10-13-32-29(26)35(28)5)27-9-7-23(31)18-33-27/h6-10,13,16-18,20-21H,11-12,14-15,31H2,1-5H3/t20-/m1/s1/i3D3,4D3. The number of rotatable bonds is 5. The Hall–Kier alpha value is -3.71. The van der Waals surface area contributed by atoms with Crippen molar-refractivity contribution in [3.05, 3.63) is 77.2 Å². The molecule has 1 fully saturated rings. The molecule has 1 aliphatic rings. The summed E-state index contributed by atoms with van der Waals surface area (Å²) in [4.78, 5) is 24.6. The Bertz CT molecular complexity index is 1620. The number of fused-ring (bicyclic) bond motifs is 1. The van der Waals surface area contributed by atoms with Crippen molar-refractivity contribution in [3.8, 4) is 11.3 Å². The third-order valence-corrected chi connectivity index (χ3v) is 7.69. The van der Waals surface area contributed by atoms with Crippen molar-refractivity contribution in [1.29, 1.82) is 0 Å². The van der Waals surface area contributed by atoms with Gasteiger partial charge in [0.05, 0.1) is 17.6 Å². The van der Waals surface area contributed by atoms with Gasteiger partial charge in [-0.3, -0.25) is 14.7 Å². The summed E-state index contributed by atoms with van der Waals surface area (Å²) in [5.41, 5.74) is 12.4. The van der Waals surface area contributed by atoms with Crippen molar-refractivity contribution in [2.24, 2.45) is 7.05 Å². The van der Waals surface area contributed by atoms with Gasteiger partial charge in [-0.2, -0.15) is 0 Å². The lowest BCUT2D eigenvalue weighted by Crippen LogP contribution is -2.35. The van der Waals surface area contributed by atoms with Crippen molar-refractivity contribution in [2.75, 3.05) is 32.8 Å². The summed E-state index contributed by atoms with van der Waals surface area (Å²) in [6.07, 6.45) is 5.30. The van der Waals surface area contributed by atoms with Crippen LogP contribution in [0.3, 0.4) is 0 Å². The molecular weight excluding hydrogens is 460 g/mol. The van der Waals surface area contributed by atoms with Crippen molar-refractivity contribution >= 4 is 22.6 Å². The van der Waals surface area contributed by atoms with Crippen molar-refractivity contribution in [3.63, 3.8) is 0 Å². The van der Waals surface area contributed by atoms with Crippen LogP contribution in [0.1, 0.15) is 67.1 Å². The first-order valence-electron chi connectivity index (χ1n) is 15.5. The highest BCUT2D eigenvalue weighted by Gasteiger charge is 2.27. The van der Waals surface area contributed by atoms with E-state index < -0.39 is 19.9 Å². The highest BCUT2D eigenvalue weighted by molar-refractivity contribution is 5.94. The van der Waals surface area contributed by atoms with E-state index in [2.05, 4.69) is 32.4 Å². The summed E-state index contributed by atoms with van der Waals surface area (Å²) in [6.45, 7) is -0.312. The van der Waals surface area contributed by atoms with E-state index in [1.54, 1.807) is 24.5 Å². The molecule has 37 heavy (non-hydrogen) atoms. The van der Waals surface area contributed by atoms with Crippen LogP contribution in [0.25, 0.3) is 22.3 Å². The zero-order valence-corrected chi connectivity index (χ0v) is 21.4. The predicted molar refractivity (Wildman–Crippen MR) is 150 cm³/mol. The molecule has 2 N–H and O–H groups in total. The Kier molecular flexibility index (Phi) is 4.99. The third-order valence-electron chi connectivity index (χ3n) is 7.69. The Labute approximate surface area is 227 Å². The highest BCUT2D eigenvalue weighted by atomic mass is 16.2. The van der Waals surface area contributed by atoms with Gasteiger partial charge in [0.2, 0.25) is 0 Å². The van der Waals surface area contributed by atoms with E-state index in [0.717, 1.165) is 65.0 Å². The van der Waals surface area contributed by atoms with Crippen molar-refractivity contribution < 1.29 is 13.0 Å². The molecule has 0 aliphatic carbocycles. The molecule has 4 heterocycles. The van der Waals surface area contributed by atoms with Gasteiger partial charge in [-0.05, 0) is 93.2 Å². The molecule has 0 spiro atoms. The summed E-state index contributed by atoms with van der Waals surface area (Å²) < 4.78 is 47.5. The van der Waals surface area contributed by atoms with E-state index in [4.69, 9.17) is 14.0 Å². The van der Waals surface area contributed by atoms with Gasteiger partial charge in [-0.1, -0.05) is 6.07 Å². The van der Waals surface area contributed by atoms with Crippen LogP contribution < -0.4 is 5.73 Å². The number of likely N-dealkylation sites (tertiary alicyclic amines) is 1. The number of benzene rings is 1. The fourth-order valence-corrected chi connectivity index (χ4v) is 5.61. The summed E-state index contributed by atoms with van der Waals surface area (Å²) in [5.74, 6) is -0.760. The first-order chi connectivity index (χ1) is 20.2. The summed E-state index contributed by atoms with van der Waals surface area (Å²) in [7, 11) is 2.04. The fourth-order valence-electron chi connectivity index (χ4n) is 5.61. The van der Waals surface area contributed by atoms with E-state index in [-0.39, 0.29) is 22.4 Å². The van der Waals surface area contributed by atoms with Gasteiger partial charge < -0.3 is 15.2 Å². The number of anilines is 1. The molecule has 1 amide bonds. The van der Waals surface area contributed by atoms with Crippen LogP contribution in [0.4, 0.5) is 5.69 Å². The molecule has 5 rings (SSSR count). The second-order valence-electron chi connectivity index (χ2n) is 9.90. The van der Waals surface area contributed by atoms with Crippen LogP contribution in [0, 0.1) is 6.92 Å². The summed E-state index contributed by atoms with van der Waals surface area (Å²) in [5, 5.41) is 1.04. The monoisotopic (exact) mass is 502 g/mol. The number of nitrogens with two attached hydrogens (primary N) is 1. The van der Waals surface area contributed by atoms with Gasteiger partial charge in [0.15, 0.2) is 0 Å². The molecule has 0 saturated carbocycles. The normalized spacial score (nSPS) is 18.8. The lowest BCUT2D eigenvalue weighted by molar-refractivity contribution is 0.0827. The quantitative estimate of drug-likeness (QED) is 0.407. The lowest BCUT2D eigenvalue weighted by atomic mass is 9.85. The number of aromatic nitrogens is 3. The topological polar surface area (TPSA) is 80.3 Å². The molecule has 1 aromatic carbocycles. The van der Waals surface area contributed by atoms with Crippen LogP contribution in [-0.2, 0) is 7.05 Å². The lowest BCUT2D eigenvalue weighted by Gasteiger charge is -2.37. The number of piperidine rings is 1. The second-order valence-corrected chi connectivity index (χ2v) is 9.90. The number of nitrogen functional groups attached to an aromatic ring is 1. The molecule has 4 aromatic rings. The molecule has 0 radical (unpaired) electrons. The molecule has 1 aliphatic heterocycles. The highest BCUT2D eigenvalue weighted by Crippen LogP contribution is 2.36. The number of carbonyl (C=O) groups excluding carboxylic acids is 1. The molecule has 3 aromatic heterocycles. The van der Waals surface area contributed by atoms with E-state index in [1.807, 2.05) is 38.2 Å². The van der Waals surface area contributed by atoms with E-state index in [9.17, 15) is 4.79 Å². The molecule has 0 bridgehead atoms. The Morgan fingerprint density at radius 1 is 1.14 bits per heavy atom. The number of nitrogens with zero attached hydrogens (tertiary/aromatic N) is 5. The number of carbonyl (C=O) groups is 1. The van der Waals surface area contributed by atoms with E-state index >= 15 is 0 Å². The molecule has 7 nitrogen and oxygen atoms in total. The minimum atomic E-state index is -3.08.